The van der Waals surface area contributed by atoms with E-state index in [-0.39, 0.29) is 0 Å². The third kappa shape index (κ3) is 1.91. The minimum Gasteiger partial charge on any atom is -0.392 e. The maximum Gasteiger partial charge on any atom is 0.0887 e. The number of rotatable bonds is 2. The number of thioether (sulfide) groups is 2. The highest BCUT2D eigenvalue weighted by Crippen LogP contribution is 2.45. The van der Waals surface area contributed by atoms with Gasteiger partial charge in [-0.2, -0.15) is 0 Å². The first-order valence-corrected chi connectivity index (χ1v) is 6.26. The molecule has 2 aliphatic heterocycles. The quantitative estimate of drug-likeness (QED) is 0.733. The second-order valence-corrected chi connectivity index (χ2v) is 5.35. The van der Waals surface area contributed by atoms with Gasteiger partial charge in [-0.05, 0) is 6.42 Å². The van der Waals surface area contributed by atoms with Crippen LogP contribution in [-0.4, -0.2) is 12.0 Å². The van der Waals surface area contributed by atoms with E-state index in [0.29, 0.717) is 5.92 Å². The average molecular weight is 224 g/mol. The smallest absolute Gasteiger partial charge is 0.0887 e. The largest absolute Gasteiger partial charge is 0.392 e. The van der Waals surface area contributed by atoms with Gasteiger partial charge in [0.15, 0.2) is 0 Å². The molecule has 0 aromatic rings. The van der Waals surface area contributed by atoms with Crippen LogP contribution < -0.4 is 5.73 Å². The van der Waals surface area contributed by atoms with Gasteiger partial charge in [0, 0.05) is 27.7 Å². The van der Waals surface area contributed by atoms with E-state index in [1.165, 1.54) is 9.81 Å². The third-order valence-corrected chi connectivity index (χ3v) is 4.58. The van der Waals surface area contributed by atoms with Crippen LogP contribution in [0.15, 0.2) is 38.7 Å². The minimum atomic E-state index is 0.578. The number of nitrogens with zero attached hydrogens (tertiary/aromatic N) is 1. The average Bonchev–Trinajstić information content (AvgIpc) is 2.44. The van der Waals surface area contributed by atoms with Crippen molar-refractivity contribution in [2.24, 2.45) is 16.6 Å². The molecule has 2 aliphatic rings. The summed E-state index contributed by atoms with van der Waals surface area (Å²) in [6, 6.07) is 0. The van der Waals surface area contributed by atoms with Gasteiger partial charge in [-0.3, -0.25) is 4.99 Å². The molecule has 0 fully saturated rings. The zero-order valence-electron chi connectivity index (χ0n) is 7.77. The van der Waals surface area contributed by atoms with Crippen molar-refractivity contribution in [3.8, 4) is 0 Å². The number of nitrogens with two attached hydrogens (primary N) is 1. The van der Waals surface area contributed by atoms with E-state index in [4.69, 9.17) is 5.73 Å². The Balaban J connectivity index is 2.23. The van der Waals surface area contributed by atoms with Gasteiger partial charge in [-0.1, -0.05) is 17.8 Å². The van der Waals surface area contributed by atoms with Crippen LogP contribution in [0.5, 0.6) is 0 Å². The first kappa shape index (κ1) is 9.93. The SMILES string of the molecule is C=CCC1CSC2=C1SC(N)=CN=C2. The van der Waals surface area contributed by atoms with Crippen LogP contribution in [-0.2, 0) is 0 Å². The Kier molecular flexibility index (Phi) is 3.03. The molecule has 0 aliphatic carbocycles. The van der Waals surface area contributed by atoms with E-state index in [0.717, 1.165) is 17.2 Å². The highest BCUT2D eigenvalue weighted by Gasteiger charge is 2.26. The van der Waals surface area contributed by atoms with Crippen molar-refractivity contribution in [2.45, 2.75) is 6.42 Å². The summed E-state index contributed by atoms with van der Waals surface area (Å²) >= 11 is 3.51. The maximum atomic E-state index is 5.79. The molecule has 0 spiro atoms. The molecule has 2 nitrogen and oxygen atoms in total. The van der Waals surface area contributed by atoms with Crippen molar-refractivity contribution in [3.63, 3.8) is 0 Å². The Morgan fingerprint density at radius 2 is 2.57 bits per heavy atom. The lowest BCUT2D eigenvalue weighted by Crippen LogP contribution is -2.01. The second kappa shape index (κ2) is 4.28. The molecule has 2 heterocycles. The predicted molar refractivity (Wildman–Crippen MR) is 66.1 cm³/mol. The molecule has 4 heteroatoms. The Bertz CT molecular complexity index is 342. The summed E-state index contributed by atoms with van der Waals surface area (Å²) in [5.41, 5.74) is 5.79. The standard InChI is InChI=1S/C10H12N2S2/c1-2-3-7-6-13-8-4-12-5-9(11)14-10(7)8/h2,4-5,7H,1,3,6,11H2. The van der Waals surface area contributed by atoms with Crippen LogP contribution in [0, 0.1) is 5.92 Å². The Morgan fingerprint density at radius 1 is 1.71 bits per heavy atom. The molecule has 74 valence electrons. The van der Waals surface area contributed by atoms with Crippen molar-refractivity contribution < 1.29 is 0 Å². The zero-order valence-corrected chi connectivity index (χ0v) is 9.40. The van der Waals surface area contributed by atoms with Crippen molar-refractivity contribution in [1.29, 1.82) is 0 Å². The summed E-state index contributed by atoms with van der Waals surface area (Å²) in [5.74, 6) is 1.71. The van der Waals surface area contributed by atoms with E-state index in [1.54, 1.807) is 18.0 Å². The monoisotopic (exact) mass is 224 g/mol. The van der Waals surface area contributed by atoms with E-state index in [2.05, 4.69) is 11.6 Å². The molecule has 2 rings (SSSR count). The molecule has 1 atom stereocenters. The fourth-order valence-corrected chi connectivity index (χ4v) is 3.88. The predicted octanol–water partition coefficient (Wildman–Crippen LogP) is 2.71. The van der Waals surface area contributed by atoms with Gasteiger partial charge in [0.05, 0.1) is 11.2 Å². The number of allylic oxidation sites excluding steroid dienone is 3. The van der Waals surface area contributed by atoms with Crippen LogP contribution in [0.1, 0.15) is 6.42 Å². The minimum absolute atomic E-state index is 0.578. The molecule has 14 heavy (non-hydrogen) atoms. The molecule has 0 bridgehead atoms. The van der Waals surface area contributed by atoms with Crippen LogP contribution >= 0.6 is 23.5 Å². The molecule has 0 saturated heterocycles. The van der Waals surface area contributed by atoms with Crippen LogP contribution in [0.25, 0.3) is 0 Å². The van der Waals surface area contributed by atoms with E-state index in [9.17, 15) is 0 Å². The molecule has 0 amide bonds. The summed E-state index contributed by atoms with van der Waals surface area (Å²) in [6.07, 6.45) is 6.63. The number of hydrogen-bond donors (Lipinski definition) is 1. The topological polar surface area (TPSA) is 38.4 Å². The van der Waals surface area contributed by atoms with Crippen molar-refractivity contribution in [2.75, 3.05) is 5.75 Å². The molecule has 1 unspecified atom stereocenters. The lowest BCUT2D eigenvalue weighted by Gasteiger charge is -2.10. The first-order chi connectivity index (χ1) is 6.81. The molecular weight excluding hydrogens is 212 g/mol. The van der Waals surface area contributed by atoms with Crippen molar-refractivity contribution >= 4 is 29.7 Å². The Hall–Kier alpha value is -0.610. The summed E-state index contributed by atoms with van der Waals surface area (Å²) < 4.78 is 0. The molecule has 0 aromatic carbocycles. The highest BCUT2D eigenvalue weighted by molar-refractivity contribution is 8.10. The van der Waals surface area contributed by atoms with Crippen LogP contribution in [0.4, 0.5) is 0 Å². The third-order valence-electron chi connectivity index (χ3n) is 2.13. The van der Waals surface area contributed by atoms with Gasteiger partial charge in [0.25, 0.3) is 0 Å². The highest BCUT2D eigenvalue weighted by atomic mass is 32.2. The fourth-order valence-electron chi connectivity index (χ4n) is 1.48. The van der Waals surface area contributed by atoms with Crippen LogP contribution in [0.2, 0.25) is 0 Å². The normalized spacial score (nSPS) is 25.7. The summed E-state index contributed by atoms with van der Waals surface area (Å²) in [5, 5.41) is 0.780. The van der Waals surface area contributed by atoms with Gasteiger partial charge in [0.2, 0.25) is 0 Å². The van der Waals surface area contributed by atoms with Crippen LogP contribution in [0.3, 0.4) is 0 Å². The van der Waals surface area contributed by atoms with Gasteiger partial charge in [-0.25, -0.2) is 0 Å². The van der Waals surface area contributed by atoms with Gasteiger partial charge in [-0.15, -0.1) is 18.3 Å². The van der Waals surface area contributed by atoms with Gasteiger partial charge in [0.1, 0.15) is 0 Å². The lowest BCUT2D eigenvalue weighted by molar-refractivity contribution is 0.756. The number of aliphatic imine (C=N–C) groups is 1. The van der Waals surface area contributed by atoms with Gasteiger partial charge < -0.3 is 5.73 Å². The molecule has 0 saturated carbocycles. The van der Waals surface area contributed by atoms with Gasteiger partial charge >= 0.3 is 0 Å². The molecule has 2 N–H and O–H groups in total. The number of hydrogen-bond acceptors (Lipinski definition) is 4. The Morgan fingerprint density at radius 3 is 3.36 bits per heavy atom. The first-order valence-electron chi connectivity index (χ1n) is 4.46. The van der Waals surface area contributed by atoms with Crippen molar-refractivity contribution in [1.82, 2.24) is 0 Å². The van der Waals surface area contributed by atoms with E-state index in [1.807, 2.05) is 24.1 Å². The molecule has 0 aromatic heterocycles. The summed E-state index contributed by atoms with van der Waals surface area (Å²) in [6.45, 7) is 3.78. The molecular formula is C10H12N2S2. The maximum absolute atomic E-state index is 5.79. The van der Waals surface area contributed by atoms with Crippen molar-refractivity contribution in [3.05, 3.63) is 33.7 Å². The summed E-state index contributed by atoms with van der Waals surface area (Å²) in [4.78, 5) is 6.79. The lowest BCUT2D eigenvalue weighted by atomic mass is 10.1. The summed E-state index contributed by atoms with van der Waals surface area (Å²) in [7, 11) is 0. The Labute approximate surface area is 92.4 Å². The van der Waals surface area contributed by atoms with E-state index >= 15 is 0 Å². The fraction of sp³-hybridized carbons (Fsp3) is 0.300. The zero-order chi connectivity index (χ0) is 9.97. The second-order valence-electron chi connectivity index (χ2n) is 3.17. The molecule has 0 radical (unpaired) electrons. The van der Waals surface area contributed by atoms with E-state index < -0.39 is 0 Å².